The van der Waals surface area contributed by atoms with Gasteiger partial charge < -0.3 is 16.8 Å². The number of thioether (sulfide) groups is 1. The Kier molecular flexibility index (Phi) is 4.59. The van der Waals surface area contributed by atoms with E-state index in [1.807, 2.05) is 0 Å². The van der Waals surface area contributed by atoms with Crippen molar-refractivity contribution < 1.29 is 9.18 Å². The quantitative estimate of drug-likeness (QED) is 0.588. The molecule has 2 aromatic rings. The fourth-order valence-corrected chi connectivity index (χ4v) is 2.32. The topological polar surface area (TPSA) is 107 Å². The van der Waals surface area contributed by atoms with Crippen molar-refractivity contribution in [2.45, 2.75) is 17.3 Å². The number of hydrogen-bond acceptors (Lipinski definition) is 6. The zero-order chi connectivity index (χ0) is 15.4. The summed E-state index contributed by atoms with van der Waals surface area (Å²) in [4.78, 5) is 20.0. The number of hydrogen-bond donors (Lipinski definition) is 3. The molecule has 0 spiro atoms. The molecule has 2 rings (SSSR count). The van der Waals surface area contributed by atoms with Crippen LogP contribution in [0.3, 0.4) is 0 Å². The number of anilines is 3. The number of carbonyl (C=O) groups excluding carboxylic acids is 1. The van der Waals surface area contributed by atoms with E-state index < -0.39 is 11.1 Å². The van der Waals surface area contributed by atoms with Crippen molar-refractivity contribution >= 4 is 35.0 Å². The standard InChI is InChI=1S/C13H14FN5OS/c1-7(21-13-18-10(15)6-11(16)19-13)12(20)17-9-5-3-2-4-8(9)14/h2-7H,1H3,(H,17,20)(H4,15,16,18,19)/t7-/m0/s1. The van der Waals surface area contributed by atoms with E-state index in [-0.39, 0.29) is 23.2 Å². The first-order valence-electron chi connectivity index (χ1n) is 6.08. The minimum atomic E-state index is -0.536. The van der Waals surface area contributed by atoms with Gasteiger partial charge in [-0.2, -0.15) is 0 Å². The van der Waals surface area contributed by atoms with Gasteiger partial charge in [-0.05, 0) is 19.1 Å². The fourth-order valence-electron chi connectivity index (χ4n) is 1.52. The van der Waals surface area contributed by atoms with Crippen molar-refractivity contribution in [3.05, 3.63) is 36.1 Å². The summed E-state index contributed by atoms with van der Waals surface area (Å²) < 4.78 is 13.5. The van der Waals surface area contributed by atoms with E-state index in [2.05, 4.69) is 15.3 Å². The Labute approximate surface area is 125 Å². The number of nitrogen functional groups attached to an aromatic ring is 2. The molecule has 1 amide bonds. The maximum absolute atomic E-state index is 13.5. The molecule has 0 aliphatic carbocycles. The lowest BCUT2D eigenvalue weighted by molar-refractivity contribution is -0.115. The van der Waals surface area contributed by atoms with Crippen molar-refractivity contribution in [2.24, 2.45) is 0 Å². The van der Waals surface area contributed by atoms with Gasteiger partial charge in [0.2, 0.25) is 5.91 Å². The second-order valence-corrected chi connectivity index (χ2v) is 5.54. The summed E-state index contributed by atoms with van der Waals surface area (Å²) >= 11 is 1.09. The van der Waals surface area contributed by atoms with Gasteiger partial charge >= 0.3 is 0 Å². The summed E-state index contributed by atoms with van der Waals surface area (Å²) in [5, 5.41) is 2.27. The molecule has 0 aliphatic heterocycles. The summed E-state index contributed by atoms with van der Waals surface area (Å²) in [6.07, 6.45) is 0. The van der Waals surface area contributed by atoms with Crippen LogP contribution in [0.5, 0.6) is 0 Å². The lowest BCUT2D eigenvalue weighted by atomic mass is 10.3. The molecule has 21 heavy (non-hydrogen) atoms. The minimum absolute atomic E-state index is 0.128. The molecular weight excluding hydrogens is 293 g/mol. The monoisotopic (exact) mass is 307 g/mol. The number of nitrogens with zero attached hydrogens (tertiary/aromatic N) is 2. The molecule has 0 aliphatic rings. The summed E-state index contributed by atoms with van der Waals surface area (Å²) in [7, 11) is 0. The van der Waals surface area contributed by atoms with Crippen LogP contribution < -0.4 is 16.8 Å². The maximum Gasteiger partial charge on any atom is 0.237 e. The first-order valence-corrected chi connectivity index (χ1v) is 6.96. The van der Waals surface area contributed by atoms with Crippen molar-refractivity contribution in [1.29, 1.82) is 0 Å². The van der Waals surface area contributed by atoms with Gasteiger partial charge in [-0.3, -0.25) is 4.79 Å². The molecule has 0 radical (unpaired) electrons. The van der Waals surface area contributed by atoms with E-state index >= 15 is 0 Å². The van der Waals surface area contributed by atoms with Crippen LogP contribution in [0.25, 0.3) is 0 Å². The third kappa shape index (κ3) is 4.06. The number of amides is 1. The van der Waals surface area contributed by atoms with Gasteiger partial charge in [0.25, 0.3) is 0 Å². The molecule has 6 nitrogen and oxygen atoms in total. The summed E-state index contributed by atoms with van der Waals surface area (Å²) in [6.45, 7) is 1.66. The van der Waals surface area contributed by atoms with E-state index in [9.17, 15) is 9.18 Å². The number of nitrogens with one attached hydrogen (secondary N) is 1. The van der Waals surface area contributed by atoms with Crippen LogP contribution >= 0.6 is 11.8 Å². The average Bonchev–Trinajstić information content (AvgIpc) is 2.40. The van der Waals surface area contributed by atoms with Crippen molar-refractivity contribution in [3.8, 4) is 0 Å². The van der Waals surface area contributed by atoms with Crippen molar-refractivity contribution in [2.75, 3.05) is 16.8 Å². The molecule has 1 heterocycles. The molecule has 0 saturated heterocycles. The third-order valence-electron chi connectivity index (χ3n) is 2.53. The predicted octanol–water partition coefficient (Wildman–Crippen LogP) is 1.90. The highest BCUT2D eigenvalue weighted by molar-refractivity contribution is 8.00. The fraction of sp³-hybridized carbons (Fsp3) is 0.154. The van der Waals surface area contributed by atoms with Crippen LogP contribution in [0.1, 0.15) is 6.92 Å². The van der Waals surface area contributed by atoms with Gasteiger partial charge in [0, 0.05) is 6.07 Å². The van der Waals surface area contributed by atoms with Crippen LogP contribution in [0.2, 0.25) is 0 Å². The first kappa shape index (κ1) is 15.0. The lowest BCUT2D eigenvalue weighted by Gasteiger charge is -2.12. The van der Waals surface area contributed by atoms with Gasteiger partial charge in [-0.1, -0.05) is 23.9 Å². The number of para-hydroxylation sites is 1. The van der Waals surface area contributed by atoms with Gasteiger partial charge in [-0.25, -0.2) is 14.4 Å². The Bertz CT molecular complexity index is 647. The molecule has 1 atom stereocenters. The molecule has 0 bridgehead atoms. The second kappa shape index (κ2) is 6.40. The average molecular weight is 307 g/mol. The molecule has 5 N–H and O–H groups in total. The molecule has 110 valence electrons. The highest BCUT2D eigenvalue weighted by atomic mass is 32.2. The molecule has 0 saturated carbocycles. The largest absolute Gasteiger partial charge is 0.383 e. The van der Waals surface area contributed by atoms with Crippen LogP contribution in [-0.4, -0.2) is 21.1 Å². The first-order chi connectivity index (χ1) is 9.95. The van der Waals surface area contributed by atoms with E-state index in [0.29, 0.717) is 5.16 Å². The highest BCUT2D eigenvalue weighted by Gasteiger charge is 2.17. The van der Waals surface area contributed by atoms with Gasteiger partial charge in [-0.15, -0.1) is 0 Å². The number of halogens is 1. The van der Waals surface area contributed by atoms with Crippen LogP contribution in [0.4, 0.5) is 21.7 Å². The second-order valence-electron chi connectivity index (χ2n) is 4.23. The Morgan fingerprint density at radius 2 is 1.90 bits per heavy atom. The molecule has 8 heteroatoms. The minimum Gasteiger partial charge on any atom is -0.383 e. The SMILES string of the molecule is C[C@H](Sc1nc(N)cc(N)n1)C(=O)Nc1ccccc1F. The van der Waals surface area contributed by atoms with Crippen molar-refractivity contribution in [1.82, 2.24) is 9.97 Å². The number of nitrogens with two attached hydrogens (primary N) is 2. The number of rotatable bonds is 4. The molecule has 1 aromatic heterocycles. The van der Waals surface area contributed by atoms with E-state index in [1.165, 1.54) is 18.2 Å². The molecule has 1 aromatic carbocycles. The van der Waals surface area contributed by atoms with Crippen molar-refractivity contribution in [3.63, 3.8) is 0 Å². The Morgan fingerprint density at radius 3 is 2.52 bits per heavy atom. The third-order valence-corrected chi connectivity index (χ3v) is 3.49. The van der Waals surface area contributed by atoms with E-state index in [1.54, 1.807) is 19.1 Å². The Hall–Kier alpha value is -2.35. The highest BCUT2D eigenvalue weighted by Crippen LogP contribution is 2.23. The maximum atomic E-state index is 13.5. The van der Waals surface area contributed by atoms with E-state index in [4.69, 9.17) is 11.5 Å². The number of carbonyl (C=O) groups is 1. The van der Waals surface area contributed by atoms with E-state index in [0.717, 1.165) is 11.8 Å². The molecular formula is C13H14FN5OS. The predicted molar refractivity (Wildman–Crippen MR) is 81.2 cm³/mol. The summed E-state index contributed by atoms with van der Waals surface area (Å²) in [6, 6.07) is 7.37. The normalized spacial score (nSPS) is 11.9. The zero-order valence-electron chi connectivity index (χ0n) is 11.2. The number of benzene rings is 1. The van der Waals surface area contributed by atoms with Gasteiger partial charge in [0.05, 0.1) is 10.9 Å². The van der Waals surface area contributed by atoms with Gasteiger partial charge in [0.15, 0.2) is 5.16 Å². The molecule has 0 unspecified atom stereocenters. The Balaban J connectivity index is 2.04. The van der Waals surface area contributed by atoms with Crippen LogP contribution in [0, 0.1) is 5.82 Å². The Morgan fingerprint density at radius 1 is 1.29 bits per heavy atom. The zero-order valence-corrected chi connectivity index (χ0v) is 12.0. The lowest BCUT2D eigenvalue weighted by Crippen LogP contribution is -2.23. The number of aromatic nitrogens is 2. The van der Waals surface area contributed by atoms with Gasteiger partial charge in [0.1, 0.15) is 17.5 Å². The van der Waals surface area contributed by atoms with Crippen LogP contribution in [0.15, 0.2) is 35.5 Å². The van der Waals surface area contributed by atoms with Crippen LogP contribution in [-0.2, 0) is 4.79 Å². The smallest absolute Gasteiger partial charge is 0.237 e. The molecule has 0 fully saturated rings. The summed E-state index contributed by atoms with van der Waals surface area (Å²) in [5.74, 6) is -0.402. The summed E-state index contributed by atoms with van der Waals surface area (Å²) in [5.41, 5.74) is 11.2.